The third kappa shape index (κ3) is 1.33. The Morgan fingerprint density at radius 3 is 2.60 bits per heavy atom. The third-order valence-electron chi connectivity index (χ3n) is 6.99. The fraction of sp³-hybridized carbons (Fsp3) is 0.882. The lowest BCUT2D eigenvalue weighted by Crippen LogP contribution is -2.38. The number of fused-ring (bicyclic) bond motifs is 8. The van der Waals surface area contributed by atoms with E-state index in [2.05, 4.69) is 26.8 Å². The molecule has 9 unspecified atom stereocenters. The molecule has 2 bridgehead atoms. The van der Waals surface area contributed by atoms with E-state index in [1.165, 1.54) is 12.8 Å². The van der Waals surface area contributed by atoms with Crippen LogP contribution in [0.15, 0.2) is 0 Å². The second kappa shape index (κ2) is 4.00. The van der Waals surface area contributed by atoms with E-state index in [0.717, 1.165) is 17.8 Å². The van der Waals surface area contributed by atoms with Gasteiger partial charge in [0.2, 0.25) is 0 Å². The largest absolute Gasteiger partial charge is 0.446 e. The van der Waals surface area contributed by atoms with Crippen molar-refractivity contribution in [2.45, 2.75) is 39.7 Å². The van der Waals surface area contributed by atoms with Crippen LogP contribution >= 0.6 is 0 Å². The smallest absolute Gasteiger partial charge is 0.311 e. The van der Waals surface area contributed by atoms with Crippen molar-refractivity contribution in [1.82, 2.24) is 0 Å². The van der Waals surface area contributed by atoms with Gasteiger partial charge < -0.3 is 4.74 Å². The van der Waals surface area contributed by atoms with E-state index in [4.69, 9.17) is 4.74 Å². The van der Waals surface area contributed by atoms with Gasteiger partial charge in [0.05, 0.1) is 5.92 Å². The third-order valence-corrected chi connectivity index (χ3v) is 6.99. The van der Waals surface area contributed by atoms with Gasteiger partial charge in [-0.05, 0) is 54.3 Å². The highest BCUT2D eigenvalue weighted by atomic mass is 16.6. The van der Waals surface area contributed by atoms with Crippen LogP contribution < -0.4 is 0 Å². The van der Waals surface area contributed by atoms with E-state index >= 15 is 0 Å². The Bertz CT molecular complexity index is 494. The normalized spacial score (nSPS) is 55.8. The van der Waals surface area contributed by atoms with Crippen LogP contribution in [0.2, 0.25) is 0 Å². The number of rotatable bonds is 1. The number of nitriles is 1. The first kappa shape index (κ1) is 12.7. The average Bonchev–Trinajstić information content (AvgIpc) is 3.09. The Balaban J connectivity index is 1.72. The van der Waals surface area contributed by atoms with E-state index in [1.807, 2.05) is 0 Å². The minimum Gasteiger partial charge on any atom is -0.446 e. The number of cyclic esters (lactones) is 1. The molecule has 0 N–H and O–H groups in total. The van der Waals surface area contributed by atoms with Gasteiger partial charge in [0.15, 0.2) is 6.10 Å². The zero-order chi connectivity index (χ0) is 14.2. The first-order valence-corrected chi connectivity index (χ1v) is 8.14. The number of ether oxygens (including phenoxy) is 1. The van der Waals surface area contributed by atoms with Crippen molar-refractivity contribution in [3.05, 3.63) is 0 Å². The van der Waals surface area contributed by atoms with Crippen LogP contribution in [0.1, 0.15) is 33.6 Å². The summed E-state index contributed by atoms with van der Waals surface area (Å²) in [6.45, 7) is 7.04. The molecular formula is C17H23NO2. The topological polar surface area (TPSA) is 50.1 Å². The van der Waals surface area contributed by atoms with Crippen LogP contribution in [-0.2, 0) is 9.53 Å². The van der Waals surface area contributed by atoms with Crippen molar-refractivity contribution in [2.75, 3.05) is 0 Å². The van der Waals surface area contributed by atoms with Crippen molar-refractivity contribution >= 4 is 5.97 Å². The summed E-state index contributed by atoms with van der Waals surface area (Å²) in [4.78, 5) is 12.2. The standard InChI is InChI=1S/C17H23NO2/c1-7(2)9-4-8(3)13-10-5-11(14(9)13)15-12(6-18)20-17(19)16(10)15/h7-16H,4-5H2,1-3H3. The lowest BCUT2D eigenvalue weighted by Gasteiger charge is -2.37. The maximum atomic E-state index is 12.2. The quantitative estimate of drug-likeness (QED) is 0.690. The van der Waals surface area contributed by atoms with Gasteiger partial charge in [0.1, 0.15) is 6.07 Å². The summed E-state index contributed by atoms with van der Waals surface area (Å²) in [7, 11) is 0. The highest BCUT2D eigenvalue weighted by molar-refractivity contribution is 5.77. The Hall–Kier alpha value is -1.04. The lowest BCUT2D eigenvalue weighted by molar-refractivity contribution is -0.144. The molecule has 1 saturated heterocycles. The Kier molecular flexibility index (Phi) is 2.53. The maximum absolute atomic E-state index is 12.2. The Labute approximate surface area is 120 Å². The van der Waals surface area contributed by atoms with Crippen molar-refractivity contribution in [2.24, 2.45) is 53.3 Å². The van der Waals surface area contributed by atoms with Crippen LogP contribution in [0.3, 0.4) is 0 Å². The van der Waals surface area contributed by atoms with E-state index in [0.29, 0.717) is 23.7 Å². The molecular weight excluding hydrogens is 250 g/mol. The predicted octanol–water partition coefficient (Wildman–Crippen LogP) is 2.86. The molecule has 3 saturated carbocycles. The second-order valence-electron chi connectivity index (χ2n) is 7.93. The molecule has 20 heavy (non-hydrogen) atoms. The molecule has 4 aliphatic rings. The summed E-state index contributed by atoms with van der Waals surface area (Å²) in [5.74, 6) is 4.89. The first-order chi connectivity index (χ1) is 9.54. The zero-order valence-electron chi connectivity index (χ0n) is 12.5. The molecule has 0 aromatic carbocycles. The van der Waals surface area contributed by atoms with Gasteiger partial charge in [-0.1, -0.05) is 20.8 Å². The van der Waals surface area contributed by atoms with Crippen LogP contribution in [0.25, 0.3) is 0 Å². The first-order valence-electron chi connectivity index (χ1n) is 8.14. The lowest BCUT2D eigenvalue weighted by atomic mass is 9.65. The fourth-order valence-corrected chi connectivity index (χ4v) is 6.55. The van der Waals surface area contributed by atoms with E-state index in [9.17, 15) is 10.1 Å². The number of hydrogen-bond acceptors (Lipinski definition) is 3. The van der Waals surface area contributed by atoms with E-state index in [1.54, 1.807) is 0 Å². The Morgan fingerprint density at radius 1 is 1.20 bits per heavy atom. The van der Waals surface area contributed by atoms with Gasteiger partial charge in [-0.25, -0.2) is 0 Å². The summed E-state index contributed by atoms with van der Waals surface area (Å²) in [6.07, 6.45) is 2.02. The summed E-state index contributed by atoms with van der Waals surface area (Å²) in [6, 6.07) is 2.24. The molecule has 0 amide bonds. The maximum Gasteiger partial charge on any atom is 0.311 e. The molecule has 3 heteroatoms. The molecule has 0 spiro atoms. The number of esters is 1. The molecule has 1 aliphatic heterocycles. The SMILES string of the molecule is CC(C)C1CC(C)C2C3CC(C4C(C#N)OC(=O)C34)C12. The second-order valence-corrected chi connectivity index (χ2v) is 7.93. The minimum absolute atomic E-state index is 0.0410. The van der Waals surface area contributed by atoms with Gasteiger partial charge in [-0.15, -0.1) is 0 Å². The van der Waals surface area contributed by atoms with Gasteiger partial charge in [0.25, 0.3) is 0 Å². The fourth-order valence-electron chi connectivity index (χ4n) is 6.55. The molecule has 4 rings (SSSR count). The van der Waals surface area contributed by atoms with Crippen LogP contribution in [-0.4, -0.2) is 12.1 Å². The van der Waals surface area contributed by atoms with Crippen LogP contribution in [0.4, 0.5) is 0 Å². The van der Waals surface area contributed by atoms with Crippen LogP contribution in [0.5, 0.6) is 0 Å². The average molecular weight is 273 g/mol. The molecule has 0 radical (unpaired) electrons. The highest BCUT2D eigenvalue weighted by Gasteiger charge is 2.69. The van der Waals surface area contributed by atoms with E-state index < -0.39 is 6.10 Å². The van der Waals surface area contributed by atoms with Crippen molar-refractivity contribution in [1.29, 1.82) is 5.26 Å². The van der Waals surface area contributed by atoms with Gasteiger partial charge in [-0.3, -0.25) is 4.79 Å². The summed E-state index contributed by atoms with van der Waals surface area (Å²) < 4.78 is 5.35. The van der Waals surface area contributed by atoms with Crippen molar-refractivity contribution in [3.63, 3.8) is 0 Å². The van der Waals surface area contributed by atoms with Crippen molar-refractivity contribution in [3.8, 4) is 6.07 Å². The van der Waals surface area contributed by atoms with Gasteiger partial charge in [-0.2, -0.15) is 5.26 Å². The van der Waals surface area contributed by atoms with Gasteiger partial charge in [0, 0.05) is 5.92 Å². The Morgan fingerprint density at radius 2 is 1.95 bits per heavy atom. The monoisotopic (exact) mass is 273 g/mol. The molecule has 9 atom stereocenters. The summed E-state index contributed by atoms with van der Waals surface area (Å²) in [5.41, 5.74) is 0. The van der Waals surface area contributed by atoms with E-state index in [-0.39, 0.29) is 17.8 Å². The summed E-state index contributed by atoms with van der Waals surface area (Å²) >= 11 is 0. The molecule has 108 valence electrons. The highest BCUT2D eigenvalue weighted by Crippen LogP contribution is 2.69. The van der Waals surface area contributed by atoms with Crippen molar-refractivity contribution < 1.29 is 9.53 Å². The summed E-state index contributed by atoms with van der Waals surface area (Å²) in [5, 5.41) is 9.30. The van der Waals surface area contributed by atoms with Crippen LogP contribution in [0, 0.1) is 64.6 Å². The molecule has 3 nitrogen and oxygen atoms in total. The predicted molar refractivity (Wildman–Crippen MR) is 73.2 cm³/mol. The number of nitrogens with zero attached hydrogens (tertiary/aromatic N) is 1. The number of carbonyl (C=O) groups is 1. The molecule has 4 fully saturated rings. The number of hydrogen-bond donors (Lipinski definition) is 0. The number of carbonyl (C=O) groups excluding carboxylic acids is 1. The molecule has 1 heterocycles. The van der Waals surface area contributed by atoms with Gasteiger partial charge >= 0.3 is 5.97 Å². The molecule has 0 aromatic rings. The molecule has 3 aliphatic carbocycles. The zero-order valence-corrected chi connectivity index (χ0v) is 12.5. The minimum atomic E-state index is -0.466. The molecule has 0 aromatic heterocycles.